The van der Waals surface area contributed by atoms with Gasteiger partial charge in [0.25, 0.3) is 5.91 Å². The van der Waals surface area contributed by atoms with Gasteiger partial charge in [-0.15, -0.1) is 0 Å². The van der Waals surface area contributed by atoms with E-state index < -0.39 is 17.9 Å². The Morgan fingerprint density at radius 2 is 2.00 bits per heavy atom. The smallest absolute Gasteiger partial charge is 0.326 e. The fourth-order valence-corrected chi connectivity index (χ4v) is 3.64. The second-order valence-electron chi connectivity index (χ2n) is 5.93. The normalized spacial score (nSPS) is 16.8. The summed E-state index contributed by atoms with van der Waals surface area (Å²) in [7, 11) is 0. The molecule has 6 nitrogen and oxygen atoms in total. The van der Waals surface area contributed by atoms with Crippen molar-refractivity contribution in [1.29, 1.82) is 0 Å². The van der Waals surface area contributed by atoms with Crippen LogP contribution in [-0.4, -0.2) is 44.7 Å². The number of nitrogens with zero attached hydrogens (tertiary/aromatic N) is 1. The summed E-state index contributed by atoms with van der Waals surface area (Å²) < 4.78 is 0.283. The van der Waals surface area contributed by atoms with E-state index in [0.717, 1.165) is 22.9 Å². The number of amides is 2. The van der Waals surface area contributed by atoms with Gasteiger partial charge in [0.15, 0.2) is 0 Å². The van der Waals surface area contributed by atoms with Gasteiger partial charge in [-0.1, -0.05) is 67.2 Å². The summed E-state index contributed by atoms with van der Waals surface area (Å²) in [5, 5.41) is 11.5. The first-order chi connectivity index (χ1) is 12.3. The molecule has 0 spiro atoms. The first kappa shape index (κ1) is 20.1. The molecule has 0 radical (unpaired) electrons. The van der Waals surface area contributed by atoms with Gasteiger partial charge < -0.3 is 10.4 Å². The molecule has 1 saturated heterocycles. The van der Waals surface area contributed by atoms with Crippen molar-refractivity contribution in [2.24, 2.45) is 0 Å². The van der Waals surface area contributed by atoms with Crippen LogP contribution in [0.15, 0.2) is 29.2 Å². The van der Waals surface area contributed by atoms with Crippen molar-refractivity contribution in [1.82, 2.24) is 10.2 Å². The number of carboxylic acid groups (broad SMARTS) is 1. The summed E-state index contributed by atoms with van der Waals surface area (Å²) in [4.78, 5) is 37.4. The average molecular weight is 393 g/mol. The molecule has 8 heteroatoms. The number of nitrogens with one attached hydrogen (secondary N) is 1. The highest BCUT2D eigenvalue weighted by Crippen LogP contribution is 2.32. The summed E-state index contributed by atoms with van der Waals surface area (Å²) in [6.45, 7) is 3.52. The summed E-state index contributed by atoms with van der Waals surface area (Å²) in [6.07, 6.45) is 2.68. The molecule has 0 aromatic heterocycles. The zero-order valence-corrected chi connectivity index (χ0v) is 16.2. The SMILES string of the molecule is CCCC(NC(=O)CN1C(=O)C(=Cc2ccc(C)cc2)SC1=S)C(=O)O. The molecule has 1 aliphatic rings. The molecule has 138 valence electrons. The Labute approximate surface area is 161 Å². The van der Waals surface area contributed by atoms with Crippen LogP contribution in [0.4, 0.5) is 0 Å². The molecule has 2 rings (SSSR count). The third kappa shape index (κ3) is 5.15. The molecular formula is C18H20N2O4S2. The number of carbonyl (C=O) groups is 3. The van der Waals surface area contributed by atoms with Gasteiger partial charge >= 0.3 is 5.97 Å². The van der Waals surface area contributed by atoms with Crippen LogP contribution in [0.2, 0.25) is 0 Å². The van der Waals surface area contributed by atoms with E-state index in [1.165, 1.54) is 4.90 Å². The van der Waals surface area contributed by atoms with E-state index in [2.05, 4.69) is 5.32 Å². The van der Waals surface area contributed by atoms with Gasteiger partial charge in [-0.05, 0) is 25.0 Å². The molecule has 1 heterocycles. The first-order valence-corrected chi connectivity index (χ1v) is 9.38. The third-order valence-electron chi connectivity index (χ3n) is 3.76. The van der Waals surface area contributed by atoms with Crippen LogP contribution < -0.4 is 5.32 Å². The van der Waals surface area contributed by atoms with Crippen molar-refractivity contribution in [2.45, 2.75) is 32.7 Å². The van der Waals surface area contributed by atoms with Crippen LogP contribution >= 0.6 is 24.0 Å². The van der Waals surface area contributed by atoms with Gasteiger partial charge in [-0.2, -0.15) is 0 Å². The molecule has 1 atom stereocenters. The van der Waals surface area contributed by atoms with Gasteiger partial charge in [-0.25, -0.2) is 4.79 Å². The van der Waals surface area contributed by atoms with E-state index in [-0.39, 0.29) is 16.8 Å². The van der Waals surface area contributed by atoms with E-state index in [1.807, 2.05) is 38.1 Å². The maximum Gasteiger partial charge on any atom is 0.326 e. The van der Waals surface area contributed by atoms with Crippen molar-refractivity contribution in [2.75, 3.05) is 6.54 Å². The number of aliphatic carboxylic acids is 1. The number of benzene rings is 1. The number of rotatable bonds is 7. The van der Waals surface area contributed by atoms with Gasteiger partial charge in [0.1, 0.15) is 16.9 Å². The Hall–Kier alpha value is -2.19. The molecule has 1 fully saturated rings. The lowest BCUT2D eigenvalue weighted by Gasteiger charge is -2.17. The lowest BCUT2D eigenvalue weighted by atomic mass is 10.1. The van der Waals surface area contributed by atoms with Crippen LogP contribution in [0.3, 0.4) is 0 Å². The molecule has 0 saturated carbocycles. The van der Waals surface area contributed by atoms with Crippen LogP contribution in [-0.2, 0) is 14.4 Å². The van der Waals surface area contributed by atoms with Crippen molar-refractivity contribution in [3.8, 4) is 0 Å². The van der Waals surface area contributed by atoms with E-state index in [4.69, 9.17) is 17.3 Å². The number of carboxylic acids is 1. The first-order valence-electron chi connectivity index (χ1n) is 8.16. The number of carbonyl (C=O) groups excluding carboxylic acids is 2. The standard InChI is InChI=1S/C18H20N2O4S2/c1-3-4-13(17(23)24)19-15(21)10-20-16(22)14(26-18(20)25)9-12-7-5-11(2)6-8-12/h5-9,13H,3-4,10H2,1-2H3,(H,19,21)(H,23,24). The minimum atomic E-state index is -1.09. The number of aryl methyl sites for hydroxylation is 1. The zero-order valence-electron chi connectivity index (χ0n) is 14.5. The summed E-state index contributed by atoms with van der Waals surface area (Å²) in [5.41, 5.74) is 1.99. The Morgan fingerprint density at radius 1 is 1.35 bits per heavy atom. The molecular weight excluding hydrogens is 372 g/mol. The maximum atomic E-state index is 12.5. The van der Waals surface area contributed by atoms with Crippen LogP contribution in [0.1, 0.15) is 30.9 Å². The maximum absolute atomic E-state index is 12.5. The monoisotopic (exact) mass is 392 g/mol. The lowest BCUT2D eigenvalue weighted by Crippen LogP contribution is -2.46. The minimum Gasteiger partial charge on any atom is -0.480 e. The molecule has 2 N–H and O–H groups in total. The fraction of sp³-hybridized carbons (Fsp3) is 0.333. The molecule has 1 aromatic rings. The van der Waals surface area contributed by atoms with Gasteiger partial charge in [-0.3, -0.25) is 14.5 Å². The van der Waals surface area contributed by atoms with Gasteiger partial charge in [0, 0.05) is 0 Å². The molecule has 26 heavy (non-hydrogen) atoms. The third-order valence-corrected chi connectivity index (χ3v) is 5.14. The number of hydrogen-bond acceptors (Lipinski definition) is 5. The highest BCUT2D eigenvalue weighted by atomic mass is 32.2. The predicted molar refractivity (Wildman–Crippen MR) is 106 cm³/mol. The minimum absolute atomic E-state index is 0.283. The number of thioether (sulfide) groups is 1. The molecule has 1 aliphatic heterocycles. The van der Waals surface area contributed by atoms with Crippen molar-refractivity contribution >= 4 is 52.2 Å². The van der Waals surface area contributed by atoms with E-state index in [1.54, 1.807) is 6.08 Å². The Kier molecular flexibility index (Phi) is 6.93. The second-order valence-corrected chi connectivity index (χ2v) is 7.60. The van der Waals surface area contributed by atoms with E-state index >= 15 is 0 Å². The number of thiocarbonyl (C=S) groups is 1. The van der Waals surface area contributed by atoms with Crippen LogP contribution in [0, 0.1) is 6.92 Å². The largest absolute Gasteiger partial charge is 0.480 e. The zero-order chi connectivity index (χ0) is 19.3. The van der Waals surface area contributed by atoms with Crippen molar-refractivity contribution in [3.63, 3.8) is 0 Å². The van der Waals surface area contributed by atoms with Gasteiger partial charge in [0.2, 0.25) is 5.91 Å². The Morgan fingerprint density at radius 3 is 2.58 bits per heavy atom. The summed E-state index contributed by atoms with van der Waals surface area (Å²) >= 11 is 6.33. The molecule has 1 aromatic carbocycles. The van der Waals surface area contributed by atoms with E-state index in [0.29, 0.717) is 17.7 Å². The van der Waals surface area contributed by atoms with Crippen LogP contribution in [0.25, 0.3) is 6.08 Å². The fourth-order valence-electron chi connectivity index (χ4n) is 2.38. The van der Waals surface area contributed by atoms with Gasteiger partial charge in [0.05, 0.1) is 4.91 Å². The molecule has 2 amide bonds. The Bertz CT molecular complexity index is 759. The van der Waals surface area contributed by atoms with Crippen molar-refractivity contribution in [3.05, 3.63) is 40.3 Å². The summed E-state index contributed by atoms with van der Waals surface area (Å²) in [6, 6.07) is 6.72. The Balaban J connectivity index is 2.05. The highest BCUT2D eigenvalue weighted by molar-refractivity contribution is 8.26. The number of hydrogen-bond donors (Lipinski definition) is 2. The van der Waals surface area contributed by atoms with E-state index in [9.17, 15) is 14.4 Å². The molecule has 0 aliphatic carbocycles. The van der Waals surface area contributed by atoms with Crippen LogP contribution in [0.5, 0.6) is 0 Å². The lowest BCUT2D eigenvalue weighted by molar-refractivity contribution is -0.142. The predicted octanol–water partition coefficient (Wildman–Crippen LogP) is 2.57. The van der Waals surface area contributed by atoms with Crippen molar-refractivity contribution < 1.29 is 19.5 Å². The topological polar surface area (TPSA) is 86.7 Å². The summed E-state index contributed by atoms with van der Waals surface area (Å²) in [5.74, 6) is -1.98. The quantitative estimate of drug-likeness (QED) is 0.548. The highest BCUT2D eigenvalue weighted by Gasteiger charge is 2.34. The molecule has 1 unspecified atom stereocenters. The second kappa shape index (κ2) is 8.95. The molecule has 0 bridgehead atoms. The average Bonchev–Trinajstić information content (AvgIpc) is 2.84.